The first-order valence-corrected chi connectivity index (χ1v) is 11.3. The Kier molecular flexibility index (Phi) is 7.01. The molecule has 2 N–H and O–H groups in total. The Labute approximate surface area is 203 Å². The predicted octanol–water partition coefficient (Wildman–Crippen LogP) is 2.43. The van der Waals surface area contributed by atoms with Crippen molar-refractivity contribution in [1.29, 1.82) is 0 Å². The van der Waals surface area contributed by atoms with Gasteiger partial charge in [0.2, 0.25) is 5.78 Å². The lowest BCUT2D eigenvalue weighted by Gasteiger charge is -2.27. The Bertz CT molecular complexity index is 1250. The van der Waals surface area contributed by atoms with Gasteiger partial charge in [-0.2, -0.15) is 0 Å². The molecule has 1 aliphatic rings. The fourth-order valence-electron chi connectivity index (χ4n) is 4.05. The highest BCUT2D eigenvalue weighted by atomic mass is 16.5. The second-order valence-corrected chi connectivity index (χ2v) is 8.12. The molecule has 0 radical (unpaired) electrons. The van der Waals surface area contributed by atoms with E-state index < -0.39 is 23.5 Å². The van der Waals surface area contributed by atoms with Crippen LogP contribution < -0.4 is 19.6 Å². The number of carbonyl (C=O) groups excluding carboxylic acids is 2. The van der Waals surface area contributed by atoms with Crippen LogP contribution >= 0.6 is 0 Å². The summed E-state index contributed by atoms with van der Waals surface area (Å²) in [5.74, 6) is -1.46. The van der Waals surface area contributed by atoms with E-state index in [4.69, 9.17) is 9.47 Å². The Balaban J connectivity index is 1.82. The molecule has 1 amide bonds. The summed E-state index contributed by atoms with van der Waals surface area (Å²) < 4.78 is 10.8. The molecule has 2 aromatic carbocycles. The van der Waals surface area contributed by atoms with Crippen molar-refractivity contribution < 1.29 is 34.3 Å². The highest BCUT2D eigenvalue weighted by molar-refractivity contribution is 6.46. The lowest BCUT2D eigenvalue weighted by Crippen LogP contribution is -2.29. The van der Waals surface area contributed by atoms with Crippen LogP contribution in [0.25, 0.3) is 5.76 Å². The summed E-state index contributed by atoms with van der Waals surface area (Å²) >= 11 is 0. The summed E-state index contributed by atoms with van der Waals surface area (Å²) in [6.07, 6.45) is 4.31. The Morgan fingerprint density at radius 2 is 1.91 bits per heavy atom. The van der Waals surface area contributed by atoms with Crippen molar-refractivity contribution in [2.24, 2.45) is 0 Å². The smallest absolute Gasteiger partial charge is 0.295 e. The largest absolute Gasteiger partial charge is 0.872 e. The number of methoxy groups -OCH3 is 1. The fourth-order valence-corrected chi connectivity index (χ4v) is 4.05. The summed E-state index contributed by atoms with van der Waals surface area (Å²) in [7, 11) is 1.40. The zero-order valence-corrected chi connectivity index (χ0v) is 19.5. The molecule has 8 heteroatoms. The minimum atomic E-state index is -0.951. The number of benzene rings is 2. The van der Waals surface area contributed by atoms with Gasteiger partial charge in [-0.05, 0) is 47.9 Å². The van der Waals surface area contributed by atoms with Gasteiger partial charge in [-0.1, -0.05) is 30.9 Å². The number of nitrogens with zero attached hydrogens (tertiary/aromatic N) is 1. The lowest BCUT2D eigenvalue weighted by molar-refractivity contribution is -0.378. The van der Waals surface area contributed by atoms with E-state index in [9.17, 15) is 19.8 Å². The summed E-state index contributed by atoms with van der Waals surface area (Å²) in [4.78, 5) is 30.6. The molecule has 3 aromatic rings. The van der Waals surface area contributed by atoms with Gasteiger partial charge in [0.05, 0.1) is 26.3 Å². The van der Waals surface area contributed by atoms with Gasteiger partial charge >= 0.3 is 0 Å². The van der Waals surface area contributed by atoms with Crippen molar-refractivity contribution in [3.8, 4) is 17.2 Å². The van der Waals surface area contributed by atoms with Crippen LogP contribution in [0.15, 0.2) is 72.6 Å². The van der Waals surface area contributed by atoms with Gasteiger partial charge in [0.1, 0.15) is 5.75 Å². The number of likely N-dealkylation sites (tertiary alicyclic amines) is 1. The molecule has 35 heavy (non-hydrogen) atoms. The third-order valence-corrected chi connectivity index (χ3v) is 5.76. The number of hydrogen-bond acceptors (Lipinski definition) is 6. The Hall–Kier alpha value is -4.33. The SMILES string of the molecule is CCCOc1ccc(C([O-])=C2C(=O)C(=O)N(Cc3ccc[nH+]c3)C2c2ccc(O)c(OC)c2)cc1. The zero-order valence-electron chi connectivity index (χ0n) is 19.5. The molecule has 8 nitrogen and oxygen atoms in total. The number of carbonyl (C=O) groups is 2. The van der Waals surface area contributed by atoms with Crippen molar-refractivity contribution in [3.63, 3.8) is 0 Å². The quantitative estimate of drug-likeness (QED) is 0.305. The summed E-state index contributed by atoms with van der Waals surface area (Å²) in [5, 5.41) is 23.6. The lowest BCUT2D eigenvalue weighted by atomic mass is 9.95. The maximum Gasteiger partial charge on any atom is 0.295 e. The van der Waals surface area contributed by atoms with Crippen LogP contribution in [0, 0.1) is 0 Å². The number of rotatable bonds is 8. The van der Waals surface area contributed by atoms with Crippen LogP contribution in [0.4, 0.5) is 0 Å². The summed E-state index contributed by atoms with van der Waals surface area (Å²) in [5.41, 5.74) is 1.36. The molecule has 0 saturated carbocycles. The molecule has 0 bridgehead atoms. The predicted molar refractivity (Wildman–Crippen MR) is 125 cm³/mol. The molecule has 1 aromatic heterocycles. The van der Waals surface area contributed by atoms with Gasteiger partial charge in [0.15, 0.2) is 23.9 Å². The van der Waals surface area contributed by atoms with Gasteiger partial charge < -0.3 is 24.6 Å². The second-order valence-electron chi connectivity index (χ2n) is 8.12. The number of phenols is 1. The van der Waals surface area contributed by atoms with E-state index in [0.717, 1.165) is 12.0 Å². The number of H-pyrrole nitrogens is 1. The van der Waals surface area contributed by atoms with Gasteiger partial charge in [0, 0.05) is 17.2 Å². The summed E-state index contributed by atoms with van der Waals surface area (Å²) in [6.45, 7) is 2.65. The average molecular weight is 475 g/mol. The van der Waals surface area contributed by atoms with Gasteiger partial charge in [-0.15, -0.1) is 0 Å². The van der Waals surface area contributed by atoms with Crippen molar-refractivity contribution in [2.75, 3.05) is 13.7 Å². The minimum absolute atomic E-state index is 0.0911. The number of aromatic hydroxyl groups is 1. The molecule has 180 valence electrons. The van der Waals surface area contributed by atoms with Gasteiger partial charge in [-0.3, -0.25) is 9.59 Å². The normalized spacial score (nSPS) is 17.0. The molecule has 1 aliphatic heterocycles. The van der Waals surface area contributed by atoms with Crippen molar-refractivity contribution in [2.45, 2.75) is 25.9 Å². The van der Waals surface area contributed by atoms with Crippen LogP contribution in [-0.2, 0) is 16.1 Å². The van der Waals surface area contributed by atoms with E-state index in [1.165, 1.54) is 24.1 Å². The van der Waals surface area contributed by atoms with E-state index in [2.05, 4.69) is 4.98 Å². The number of aromatic nitrogens is 1. The fraction of sp³-hybridized carbons (Fsp3) is 0.222. The topological polar surface area (TPSA) is 113 Å². The van der Waals surface area contributed by atoms with E-state index in [0.29, 0.717) is 17.9 Å². The molecule has 1 fully saturated rings. The second kappa shape index (κ2) is 10.3. The monoisotopic (exact) mass is 474 g/mol. The van der Waals surface area contributed by atoms with Crippen LogP contribution in [0.1, 0.15) is 36.1 Å². The highest BCUT2D eigenvalue weighted by Gasteiger charge is 2.44. The van der Waals surface area contributed by atoms with Crippen LogP contribution in [0.5, 0.6) is 17.2 Å². The molecule has 1 unspecified atom stereocenters. The van der Waals surface area contributed by atoms with E-state index >= 15 is 0 Å². The Morgan fingerprint density at radius 3 is 2.57 bits per heavy atom. The number of pyridine rings is 1. The molecule has 0 aliphatic carbocycles. The minimum Gasteiger partial charge on any atom is -0.872 e. The third-order valence-electron chi connectivity index (χ3n) is 5.76. The standard InChI is InChI=1S/C27H26N2O6/c1-3-13-35-20-9-6-18(7-10-20)25(31)23-24(19-8-11-21(30)22(14-19)34-2)29(27(33)26(23)32)16-17-5-4-12-28-15-17/h4-12,14-15,24,30-31H,3,13,16H2,1-2H3. The molecular formula is C27H26N2O6. The third kappa shape index (κ3) is 4.82. The average Bonchev–Trinajstić information content (AvgIpc) is 3.13. The molecular weight excluding hydrogens is 448 g/mol. The number of phenolic OH excluding ortho intramolecular Hbond substituents is 1. The molecule has 4 rings (SSSR count). The molecule has 2 heterocycles. The highest BCUT2D eigenvalue weighted by Crippen LogP contribution is 2.42. The van der Waals surface area contributed by atoms with Crippen LogP contribution in [0.3, 0.4) is 0 Å². The summed E-state index contributed by atoms with van der Waals surface area (Å²) in [6, 6.07) is 13.7. The van der Waals surface area contributed by atoms with Crippen molar-refractivity contribution in [3.05, 3.63) is 89.3 Å². The molecule has 1 atom stereocenters. The first-order valence-electron chi connectivity index (χ1n) is 11.3. The van der Waals surface area contributed by atoms with Crippen molar-refractivity contribution in [1.82, 2.24) is 4.90 Å². The van der Waals surface area contributed by atoms with E-state index in [1.54, 1.807) is 48.8 Å². The Morgan fingerprint density at radius 1 is 1.14 bits per heavy atom. The van der Waals surface area contributed by atoms with Gasteiger partial charge in [-0.25, -0.2) is 4.98 Å². The number of ether oxygens (including phenoxy) is 2. The molecule has 0 spiro atoms. The first kappa shape index (κ1) is 23.8. The van der Waals surface area contributed by atoms with E-state index in [-0.39, 0.29) is 29.2 Å². The maximum atomic E-state index is 13.6. The number of amides is 1. The van der Waals surface area contributed by atoms with Crippen LogP contribution in [-0.4, -0.2) is 35.4 Å². The van der Waals surface area contributed by atoms with Gasteiger partial charge in [0.25, 0.3) is 5.91 Å². The number of Topliss-reactive ketones (excluding diaryl/α,β-unsaturated/α-hetero) is 1. The number of ketones is 1. The number of nitrogens with one attached hydrogen (secondary N) is 1. The first-order chi connectivity index (χ1) is 16.9. The van der Waals surface area contributed by atoms with Crippen molar-refractivity contribution >= 4 is 17.4 Å². The molecule has 1 saturated heterocycles. The number of hydrogen-bond donors (Lipinski definition) is 1. The zero-order chi connectivity index (χ0) is 24.9. The maximum absolute atomic E-state index is 13.6. The van der Waals surface area contributed by atoms with Crippen LogP contribution in [0.2, 0.25) is 0 Å². The van der Waals surface area contributed by atoms with E-state index in [1.807, 2.05) is 13.0 Å². The number of aromatic amines is 1.